The number of nitrogens with one attached hydrogen (secondary N) is 1. The van der Waals surface area contributed by atoms with Crippen molar-refractivity contribution in [3.05, 3.63) is 47.5 Å². The van der Waals surface area contributed by atoms with Gasteiger partial charge in [0.2, 0.25) is 0 Å². The number of benzene rings is 2. The van der Waals surface area contributed by atoms with Crippen molar-refractivity contribution in [2.24, 2.45) is 0 Å². The predicted octanol–water partition coefficient (Wildman–Crippen LogP) is 5.46. The van der Waals surface area contributed by atoms with E-state index in [2.05, 4.69) is 60.7 Å². The zero-order valence-electron chi connectivity index (χ0n) is 14.9. The first kappa shape index (κ1) is 15.6. The van der Waals surface area contributed by atoms with Crippen LogP contribution in [0.2, 0.25) is 0 Å². The topological polar surface area (TPSA) is 15.3 Å². The Morgan fingerprint density at radius 2 is 1.62 bits per heavy atom. The van der Waals surface area contributed by atoms with Crippen LogP contribution in [0.15, 0.2) is 36.4 Å². The zero-order valence-corrected chi connectivity index (χ0v) is 14.9. The molecule has 1 fully saturated rings. The third-order valence-electron chi connectivity index (χ3n) is 5.61. The van der Waals surface area contributed by atoms with Gasteiger partial charge in [-0.15, -0.1) is 0 Å². The molecule has 2 aromatic carbocycles. The van der Waals surface area contributed by atoms with Crippen LogP contribution >= 0.6 is 0 Å². The first-order chi connectivity index (χ1) is 11.7. The number of anilines is 2. The molecular weight excluding hydrogens is 292 g/mol. The molecule has 2 nitrogen and oxygen atoms in total. The van der Waals surface area contributed by atoms with Crippen molar-refractivity contribution in [1.29, 1.82) is 0 Å². The highest BCUT2D eigenvalue weighted by Gasteiger charge is 2.22. The fraction of sp³-hybridized carbons (Fsp3) is 0.455. The number of fused-ring (bicyclic) bond motifs is 3. The van der Waals surface area contributed by atoms with Gasteiger partial charge in [0.1, 0.15) is 0 Å². The van der Waals surface area contributed by atoms with Gasteiger partial charge in [0.25, 0.3) is 0 Å². The maximum Gasteiger partial charge on any atom is 0.0600 e. The third kappa shape index (κ3) is 2.90. The van der Waals surface area contributed by atoms with Gasteiger partial charge in [-0.2, -0.15) is 0 Å². The summed E-state index contributed by atoms with van der Waals surface area (Å²) in [7, 11) is 4.31. The second-order valence-electron chi connectivity index (χ2n) is 7.59. The fourth-order valence-electron chi connectivity index (χ4n) is 4.30. The molecule has 0 spiro atoms. The van der Waals surface area contributed by atoms with Crippen molar-refractivity contribution in [1.82, 2.24) is 0 Å². The van der Waals surface area contributed by atoms with E-state index < -0.39 is 0 Å². The number of nitrogens with zero attached hydrogens (tertiary/aromatic N) is 1. The van der Waals surface area contributed by atoms with Crippen LogP contribution < -0.4 is 10.2 Å². The Hall–Kier alpha value is -1.96. The molecule has 0 unspecified atom stereocenters. The van der Waals surface area contributed by atoms with Crippen molar-refractivity contribution in [3.8, 4) is 11.1 Å². The van der Waals surface area contributed by atoms with Gasteiger partial charge in [-0.3, -0.25) is 0 Å². The lowest BCUT2D eigenvalue weighted by Crippen LogP contribution is -2.21. The van der Waals surface area contributed by atoms with Crippen LogP contribution in [0.25, 0.3) is 11.1 Å². The quantitative estimate of drug-likeness (QED) is 0.645. The van der Waals surface area contributed by atoms with Crippen LogP contribution in [-0.4, -0.2) is 20.1 Å². The van der Waals surface area contributed by atoms with Crippen molar-refractivity contribution in [2.75, 3.05) is 24.3 Å². The number of hydrogen-bond donors (Lipinski definition) is 1. The summed E-state index contributed by atoms with van der Waals surface area (Å²) in [4.78, 5) is 2.25. The summed E-state index contributed by atoms with van der Waals surface area (Å²) >= 11 is 0. The second kappa shape index (κ2) is 6.51. The summed E-state index contributed by atoms with van der Waals surface area (Å²) in [5.41, 5.74) is 8.40. The molecule has 0 radical (unpaired) electrons. The highest BCUT2D eigenvalue weighted by atomic mass is 15.1. The van der Waals surface area contributed by atoms with Gasteiger partial charge >= 0.3 is 0 Å². The Morgan fingerprint density at radius 1 is 0.875 bits per heavy atom. The maximum absolute atomic E-state index is 3.89. The standard InChI is InChI=1S/C22H28N2/c1-24(2)22-14-17-13-16-9-7-8-12-19(16)20(17)15-21(22)23-18-10-5-3-4-6-11-18/h7-9,12,14-15,18,23H,3-6,10-11,13H2,1-2H3. The maximum atomic E-state index is 3.89. The lowest BCUT2D eigenvalue weighted by molar-refractivity contribution is 0.620. The average molecular weight is 320 g/mol. The molecule has 0 bridgehead atoms. The minimum Gasteiger partial charge on any atom is -0.381 e. The smallest absolute Gasteiger partial charge is 0.0600 e. The molecular formula is C22H28N2. The highest BCUT2D eigenvalue weighted by molar-refractivity contribution is 5.85. The van der Waals surface area contributed by atoms with Crippen LogP contribution in [0.3, 0.4) is 0 Å². The minimum absolute atomic E-state index is 0.626. The summed E-state index contributed by atoms with van der Waals surface area (Å²) in [5.74, 6) is 0. The van der Waals surface area contributed by atoms with Crippen LogP contribution in [0.1, 0.15) is 49.7 Å². The lowest BCUT2D eigenvalue weighted by atomic mass is 10.0. The fourth-order valence-corrected chi connectivity index (χ4v) is 4.30. The first-order valence-corrected chi connectivity index (χ1v) is 9.41. The van der Waals surface area contributed by atoms with E-state index in [0.717, 1.165) is 6.42 Å². The summed E-state index contributed by atoms with van der Waals surface area (Å²) in [5, 5.41) is 3.89. The van der Waals surface area contributed by atoms with E-state index in [1.807, 2.05) is 0 Å². The Morgan fingerprint density at radius 3 is 2.38 bits per heavy atom. The second-order valence-corrected chi connectivity index (χ2v) is 7.59. The normalized spacial score (nSPS) is 17.1. The van der Waals surface area contributed by atoms with Crippen molar-refractivity contribution < 1.29 is 0 Å². The molecule has 24 heavy (non-hydrogen) atoms. The monoisotopic (exact) mass is 320 g/mol. The summed E-state index contributed by atoms with van der Waals surface area (Å²) in [6.07, 6.45) is 9.20. The van der Waals surface area contributed by atoms with Gasteiger partial charge in [-0.05, 0) is 53.6 Å². The van der Waals surface area contributed by atoms with Gasteiger partial charge in [0, 0.05) is 20.1 Å². The van der Waals surface area contributed by atoms with Crippen LogP contribution in [-0.2, 0) is 6.42 Å². The average Bonchev–Trinajstić information content (AvgIpc) is 2.74. The number of rotatable bonds is 3. The SMILES string of the molecule is CN(C)c1cc2c(cc1NC1CCCCCC1)-c1ccccc1C2. The molecule has 2 aromatic rings. The van der Waals surface area contributed by atoms with E-state index in [4.69, 9.17) is 0 Å². The molecule has 1 N–H and O–H groups in total. The summed E-state index contributed by atoms with van der Waals surface area (Å²) in [6, 6.07) is 14.3. The summed E-state index contributed by atoms with van der Waals surface area (Å²) < 4.78 is 0. The van der Waals surface area contributed by atoms with Gasteiger partial charge in [0.15, 0.2) is 0 Å². The molecule has 0 heterocycles. The van der Waals surface area contributed by atoms with Crippen LogP contribution in [0.4, 0.5) is 11.4 Å². The first-order valence-electron chi connectivity index (χ1n) is 9.41. The van der Waals surface area contributed by atoms with Crippen molar-refractivity contribution in [3.63, 3.8) is 0 Å². The van der Waals surface area contributed by atoms with E-state index in [-0.39, 0.29) is 0 Å². The number of hydrogen-bond acceptors (Lipinski definition) is 2. The van der Waals surface area contributed by atoms with Gasteiger partial charge in [-0.1, -0.05) is 49.9 Å². The zero-order chi connectivity index (χ0) is 16.5. The molecule has 2 aliphatic carbocycles. The lowest BCUT2D eigenvalue weighted by Gasteiger charge is -2.24. The molecule has 1 saturated carbocycles. The molecule has 0 aromatic heterocycles. The molecule has 0 saturated heterocycles. The molecule has 4 rings (SSSR count). The van der Waals surface area contributed by atoms with Gasteiger partial charge in [-0.25, -0.2) is 0 Å². The Labute approximate surface area is 145 Å². The minimum atomic E-state index is 0.626. The van der Waals surface area contributed by atoms with E-state index in [0.29, 0.717) is 6.04 Å². The summed E-state index contributed by atoms with van der Waals surface area (Å²) in [6.45, 7) is 0. The Kier molecular flexibility index (Phi) is 4.22. The van der Waals surface area contributed by atoms with Crippen LogP contribution in [0, 0.1) is 0 Å². The molecule has 126 valence electrons. The molecule has 0 aliphatic heterocycles. The molecule has 2 heteroatoms. The predicted molar refractivity (Wildman–Crippen MR) is 104 cm³/mol. The van der Waals surface area contributed by atoms with Crippen LogP contribution in [0.5, 0.6) is 0 Å². The molecule has 2 aliphatic rings. The van der Waals surface area contributed by atoms with E-state index >= 15 is 0 Å². The van der Waals surface area contributed by atoms with Gasteiger partial charge in [0.05, 0.1) is 11.4 Å². The highest BCUT2D eigenvalue weighted by Crippen LogP contribution is 2.42. The molecule has 0 atom stereocenters. The molecule has 0 amide bonds. The van der Waals surface area contributed by atoms with Crippen molar-refractivity contribution >= 4 is 11.4 Å². The largest absolute Gasteiger partial charge is 0.381 e. The Balaban J connectivity index is 1.70. The Bertz CT molecular complexity index is 725. The third-order valence-corrected chi connectivity index (χ3v) is 5.61. The van der Waals surface area contributed by atoms with Crippen molar-refractivity contribution in [2.45, 2.75) is 51.0 Å². The van der Waals surface area contributed by atoms with E-state index in [9.17, 15) is 0 Å². The van der Waals surface area contributed by atoms with E-state index in [1.165, 1.54) is 72.2 Å². The van der Waals surface area contributed by atoms with Gasteiger partial charge < -0.3 is 10.2 Å². The van der Waals surface area contributed by atoms with E-state index in [1.54, 1.807) is 0 Å².